The van der Waals surface area contributed by atoms with E-state index < -0.39 is 0 Å². The van der Waals surface area contributed by atoms with Crippen molar-refractivity contribution >= 4 is 17.5 Å². The second kappa shape index (κ2) is 9.02. The van der Waals surface area contributed by atoms with Crippen molar-refractivity contribution in [1.29, 1.82) is 0 Å². The third-order valence-corrected chi connectivity index (χ3v) is 3.93. The number of hydrogen-bond donors (Lipinski definition) is 0. The summed E-state index contributed by atoms with van der Waals surface area (Å²) in [4.78, 5) is 13.9. The van der Waals surface area contributed by atoms with Gasteiger partial charge in [0.25, 0.3) is 0 Å². The minimum absolute atomic E-state index is 0.292. The smallest absolute Gasteiger partial charge is 0.222 e. The molecule has 1 saturated heterocycles. The van der Waals surface area contributed by atoms with Crippen LogP contribution < -0.4 is 0 Å². The van der Waals surface area contributed by atoms with Crippen LogP contribution in [0.5, 0.6) is 0 Å². The first kappa shape index (κ1) is 17.0. The number of benzene rings is 1. The number of likely N-dealkylation sites (tertiary alicyclic amines) is 1. The van der Waals surface area contributed by atoms with Gasteiger partial charge in [0.15, 0.2) is 0 Å². The molecule has 1 aromatic rings. The molecule has 1 aliphatic heterocycles. The van der Waals surface area contributed by atoms with Gasteiger partial charge in [0.2, 0.25) is 5.91 Å². The largest absolute Gasteiger partial charge is 0.343 e. The molecule has 2 nitrogen and oxygen atoms in total. The van der Waals surface area contributed by atoms with Gasteiger partial charge < -0.3 is 4.90 Å². The van der Waals surface area contributed by atoms with Crippen LogP contribution in [0.1, 0.15) is 49.8 Å². The predicted octanol–water partition coefficient (Wildman–Crippen LogP) is 4.32. The van der Waals surface area contributed by atoms with Crippen LogP contribution in [-0.4, -0.2) is 23.9 Å². The summed E-state index contributed by atoms with van der Waals surface area (Å²) >= 11 is 5.90. The quantitative estimate of drug-likeness (QED) is 0.758. The summed E-state index contributed by atoms with van der Waals surface area (Å²) in [5.41, 5.74) is 3.60. The molecule has 0 aliphatic carbocycles. The van der Waals surface area contributed by atoms with Crippen LogP contribution >= 0.6 is 11.6 Å². The minimum atomic E-state index is 0.292. The highest BCUT2D eigenvalue weighted by Gasteiger charge is 2.17. The molecule has 1 heterocycles. The van der Waals surface area contributed by atoms with Gasteiger partial charge in [-0.1, -0.05) is 32.0 Å². The van der Waals surface area contributed by atoms with Crippen molar-refractivity contribution in [3.05, 3.63) is 34.9 Å². The Morgan fingerprint density at radius 1 is 1.25 bits per heavy atom. The van der Waals surface area contributed by atoms with Crippen LogP contribution in [0.3, 0.4) is 0 Å². The molecule has 0 radical (unpaired) electrons. The van der Waals surface area contributed by atoms with Crippen LogP contribution in [-0.2, 0) is 17.1 Å². The average molecular weight is 296 g/mol. The molecule has 0 saturated carbocycles. The molecule has 1 fully saturated rings. The van der Waals surface area contributed by atoms with Crippen LogP contribution in [0.25, 0.3) is 0 Å². The van der Waals surface area contributed by atoms with Crippen LogP contribution in [0.2, 0.25) is 0 Å². The first-order valence-corrected chi connectivity index (χ1v) is 8.16. The first-order valence-electron chi connectivity index (χ1n) is 7.63. The highest BCUT2D eigenvalue weighted by atomic mass is 35.5. The van der Waals surface area contributed by atoms with E-state index in [0.717, 1.165) is 32.4 Å². The fourth-order valence-electron chi connectivity index (χ4n) is 2.40. The monoisotopic (exact) mass is 295 g/mol. The number of hydrogen-bond acceptors (Lipinski definition) is 1. The molecule has 1 amide bonds. The van der Waals surface area contributed by atoms with Gasteiger partial charge in [-0.25, -0.2) is 0 Å². The molecular weight excluding hydrogens is 270 g/mol. The number of halogens is 1. The van der Waals surface area contributed by atoms with E-state index in [4.69, 9.17) is 11.6 Å². The fraction of sp³-hybridized carbons (Fsp3) is 0.588. The lowest BCUT2D eigenvalue weighted by molar-refractivity contribution is -0.130. The van der Waals surface area contributed by atoms with Crippen molar-refractivity contribution in [2.45, 2.75) is 52.3 Å². The van der Waals surface area contributed by atoms with E-state index in [-0.39, 0.29) is 0 Å². The number of carbonyl (C=O) groups is 1. The Hall–Kier alpha value is -1.02. The fourth-order valence-corrected chi connectivity index (χ4v) is 2.69. The summed E-state index contributed by atoms with van der Waals surface area (Å²) in [5, 5.41) is 0. The Labute approximate surface area is 128 Å². The molecule has 3 heteroatoms. The average Bonchev–Trinajstić information content (AvgIpc) is 3.02. The molecule has 112 valence electrons. The van der Waals surface area contributed by atoms with Gasteiger partial charge in [-0.05, 0) is 42.9 Å². The Balaban J connectivity index is 0.000000956. The second-order valence-corrected chi connectivity index (χ2v) is 5.25. The van der Waals surface area contributed by atoms with E-state index in [1.165, 1.54) is 16.7 Å². The van der Waals surface area contributed by atoms with E-state index in [0.29, 0.717) is 18.2 Å². The lowest BCUT2D eigenvalue weighted by atomic mass is 10.0. The van der Waals surface area contributed by atoms with E-state index >= 15 is 0 Å². The zero-order valence-corrected chi connectivity index (χ0v) is 13.7. The highest BCUT2D eigenvalue weighted by molar-refractivity contribution is 6.17. The van der Waals surface area contributed by atoms with Gasteiger partial charge in [0.1, 0.15) is 0 Å². The van der Waals surface area contributed by atoms with Crippen LogP contribution in [0.15, 0.2) is 18.2 Å². The number of carbonyl (C=O) groups excluding carboxylic acids is 1. The molecule has 0 bridgehead atoms. The summed E-state index contributed by atoms with van der Waals surface area (Å²) in [5.74, 6) is 0.834. The highest BCUT2D eigenvalue weighted by Crippen LogP contribution is 2.16. The summed E-state index contributed by atoms with van der Waals surface area (Å²) in [7, 11) is 0. The molecule has 1 aliphatic rings. The van der Waals surface area contributed by atoms with E-state index in [1.807, 2.05) is 18.7 Å². The van der Waals surface area contributed by atoms with Gasteiger partial charge in [-0.3, -0.25) is 4.79 Å². The summed E-state index contributed by atoms with van der Waals surface area (Å²) in [6, 6.07) is 6.32. The minimum Gasteiger partial charge on any atom is -0.343 e. The molecule has 0 N–H and O–H groups in total. The van der Waals surface area contributed by atoms with Gasteiger partial charge in [-0.15, -0.1) is 11.6 Å². The Bertz CT molecular complexity index is 425. The van der Waals surface area contributed by atoms with Crippen molar-refractivity contribution < 1.29 is 4.79 Å². The number of alkyl halides is 1. The summed E-state index contributed by atoms with van der Waals surface area (Å²) in [6.45, 7) is 7.95. The Morgan fingerprint density at radius 2 is 1.90 bits per heavy atom. The van der Waals surface area contributed by atoms with E-state index in [2.05, 4.69) is 25.1 Å². The molecule has 20 heavy (non-hydrogen) atoms. The molecule has 2 rings (SSSR count). The normalized spacial score (nSPS) is 13.9. The standard InChI is InChI=1S/C15H20ClNO.C2H6/c1-12-4-5-13(10-14(12)11-16)6-7-15(18)17-8-2-3-9-17;1-2/h4-5,10H,2-3,6-9,11H2,1H3;1-2H3. The maximum absolute atomic E-state index is 11.9. The Kier molecular flexibility index (Phi) is 7.68. The third kappa shape index (κ3) is 4.82. The Morgan fingerprint density at radius 3 is 2.50 bits per heavy atom. The molecule has 0 spiro atoms. The van der Waals surface area contributed by atoms with Crippen molar-refractivity contribution in [2.24, 2.45) is 0 Å². The number of nitrogens with zero attached hydrogens (tertiary/aromatic N) is 1. The predicted molar refractivity (Wildman–Crippen MR) is 86.2 cm³/mol. The van der Waals surface area contributed by atoms with E-state index in [1.54, 1.807) is 0 Å². The van der Waals surface area contributed by atoms with Crippen molar-refractivity contribution in [3.63, 3.8) is 0 Å². The van der Waals surface area contributed by atoms with Gasteiger partial charge in [0, 0.05) is 25.4 Å². The first-order chi connectivity index (χ1) is 9.70. The third-order valence-electron chi connectivity index (χ3n) is 3.64. The molecule has 0 unspecified atom stereocenters. The molecular formula is C17H26ClNO. The lowest BCUT2D eigenvalue weighted by Gasteiger charge is -2.15. The zero-order chi connectivity index (χ0) is 15.0. The number of aryl methyl sites for hydroxylation is 2. The topological polar surface area (TPSA) is 20.3 Å². The van der Waals surface area contributed by atoms with Crippen molar-refractivity contribution in [3.8, 4) is 0 Å². The second-order valence-electron chi connectivity index (χ2n) is 4.98. The summed E-state index contributed by atoms with van der Waals surface area (Å²) < 4.78 is 0. The maximum Gasteiger partial charge on any atom is 0.222 e. The number of amides is 1. The van der Waals surface area contributed by atoms with Crippen molar-refractivity contribution in [1.82, 2.24) is 4.90 Å². The zero-order valence-electron chi connectivity index (χ0n) is 12.9. The molecule has 0 atom stereocenters. The van der Waals surface area contributed by atoms with Gasteiger partial charge >= 0.3 is 0 Å². The van der Waals surface area contributed by atoms with Crippen molar-refractivity contribution in [2.75, 3.05) is 13.1 Å². The van der Waals surface area contributed by atoms with Crippen LogP contribution in [0, 0.1) is 6.92 Å². The maximum atomic E-state index is 11.9. The molecule has 1 aromatic carbocycles. The van der Waals surface area contributed by atoms with E-state index in [9.17, 15) is 4.79 Å². The van der Waals surface area contributed by atoms with Gasteiger partial charge in [-0.2, -0.15) is 0 Å². The number of rotatable bonds is 4. The summed E-state index contributed by atoms with van der Waals surface area (Å²) in [6.07, 6.45) is 3.75. The lowest BCUT2D eigenvalue weighted by Crippen LogP contribution is -2.27. The van der Waals surface area contributed by atoms with Gasteiger partial charge in [0.05, 0.1) is 0 Å². The molecule has 0 aromatic heterocycles. The van der Waals surface area contributed by atoms with Crippen LogP contribution in [0.4, 0.5) is 0 Å². The SMILES string of the molecule is CC.Cc1ccc(CCC(=O)N2CCCC2)cc1CCl.